The second kappa shape index (κ2) is 11.4. The number of thioether (sulfide) groups is 1. The van der Waals surface area contributed by atoms with Crippen molar-refractivity contribution >= 4 is 23.7 Å². The first-order valence-electron chi connectivity index (χ1n) is 6.60. The normalized spacial score (nSPS) is 12.3. The van der Waals surface area contributed by atoms with E-state index in [0.717, 1.165) is 12.8 Å². The topological polar surface area (TPSA) is 74.6 Å². The molecule has 2 N–H and O–H groups in total. The van der Waals surface area contributed by atoms with Crippen LogP contribution in [0.4, 0.5) is 0 Å². The zero-order valence-electron chi connectivity index (χ0n) is 11.1. The van der Waals surface area contributed by atoms with Crippen molar-refractivity contribution in [1.82, 2.24) is 0 Å². The summed E-state index contributed by atoms with van der Waals surface area (Å²) in [6.07, 6.45) is 6.44. The standard InChI is InChI=1S/C13H24O4S/c1-2-3-4-5-6-7-11(13(16)17)10-18-9-8-12(14)15/h11H,2-10H2,1H3,(H,14,15)(H,16,17). The van der Waals surface area contributed by atoms with E-state index < -0.39 is 11.9 Å². The van der Waals surface area contributed by atoms with E-state index in [0.29, 0.717) is 17.9 Å². The summed E-state index contributed by atoms with van der Waals surface area (Å²) in [4.78, 5) is 21.3. The van der Waals surface area contributed by atoms with Gasteiger partial charge in [-0.2, -0.15) is 11.8 Å². The monoisotopic (exact) mass is 276 g/mol. The van der Waals surface area contributed by atoms with Crippen LogP contribution in [0.5, 0.6) is 0 Å². The van der Waals surface area contributed by atoms with Gasteiger partial charge < -0.3 is 10.2 Å². The van der Waals surface area contributed by atoms with Crippen molar-refractivity contribution in [1.29, 1.82) is 0 Å². The van der Waals surface area contributed by atoms with Crippen LogP contribution in [-0.4, -0.2) is 33.7 Å². The quantitative estimate of drug-likeness (QED) is 0.535. The highest BCUT2D eigenvalue weighted by Crippen LogP contribution is 2.17. The van der Waals surface area contributed by atoms with Gasteiger partial charge in [0.05, 0.1) is 12.3 Å². The zero-order valence-corrected chi connectivity index (χ0v) is 11.9. The maximum Gasteiger partial charge on any atom is 0.307 e. The summed E-state index contributed by atoms with van der Waals surface area (Å²) < 4.78 is 0. The Morgan fingerprint density at radius 1 is 1.11 bits per heavy atom. The second-order valence-electron chi connectivity index (χ2n) is 4.46. The fourth-order valence-corrected chi connectivity index (χ4v) is 2.74. The van der Waals surface area contributed by atoms with Gasteiger partial charge in [0.2, 0.25) is 0 Å². The summed E-state index contributed by atoms with van der Waals surface area (Å²) in [5, 5.41) is 17.5. The molecule has 0 aromatic rings. The molecule has 18 heavy (non-hydrogen) atoms. The molecule has 0 spiro atoms. The van der Waals surface area contributed by atoms with Gasteiger partial charge >= 0.3 is 11.9 Å². The average Bonchev–Trinajstić information content (AvgIpc) is 2.30. The number of rotatable bonds is 12. The van der Waals surface area contributed by atoms with E-state index in [2.05, 4.69) is 6.92 Å². The summed E-state index contributed by atoms with van der Waals surface area (Å²) in [5.74, 6) is -0.890. The number of hydrogen-bond acceptors (Lipinski definition) is 3. The molecular formula is C13H24O4S. The Morgan fingerprint density at radius 2 is 1.78 bits per heavy atom. The van der Waals surface area contributed by atoms with Gasteiger partial charge in [0.15, 0.2) is 0 Å². The highest BCUT2D eigenvalue weighted by atomic mass is 32.2. The molecule has 0 heterocycles. The van der Waals surface area contributed by atoms with Crippen LogP contribution in [-0.2, 0) is 9.59 Å². The lowest BCUT2D eigenvalue weighted by Crippen LogP contribution is -2.16. The van der Waals surface area contributed by atoms with Crippen molar-refractivity contribution in [2.75, 3.05) is 11.5 Å². The lowest BCUT2D eigenvalue weighted by atomic mass is 10.0. The molecule has 1 unspecified atom stereocenters. The van der Waals surface area contributed by atoms with Gasteiger partial charge in [0, 0.05) is 11.5 Å². The van der Waals surface area contributed by atoms with Gasteiger partial charge in [-0.25, -0.2) is 0 Å². The molecule has 0 aromatic carbocycles. The van der Waals surface area contributed by atoms with Gasteiger partial charge in [0.25, 0.3) is 0 Å². The van der Waals surface area contributed by atoms with E-state index >= 15 is 0 Å². The smallest absolute Gasteiger partial charge is 0.307 e. The number of aliphatic carboxylic acids is 2. The fraction of sp³-hybridized carbons (Fsp3) is 0.846. The van der Waals surface area contributed by atoms with E-state index in [1.54, 1.807) is 0 Å². The van der Waals surface area contributed by atoms with Gasteiger partial charge in [0.1, 0.15) is 0 Å². The summed E-state index contributed by atoms with van der Waals surface area (Å²) in [6, 6.07) is 0. The van der Waals surface area contributed by atoms with Gasteiger partial charge in [-0.15, -0.1) is 0 Å². The van der Waals surface area contributed by atoms with Crippen LogP contribution in [0.25, 0.3) is 0 Å². The average molecular weight is 276 g/mol. The van der Waals surface area contributed by atoms with Crippen LogP contribution >= 0.6 is 11.8 Å². The van der Waals surface area contributed by atoms with Crippen LogP contribution < -0.4 is 0 Å². The molecule has 0 saturated carbocycles. The maximum absolute atomic E-state index is 11.0. The van der Waals surface area contributed by atoms with Gasteiger partial charge in [-0.3, -0.25) is 9.59 Å². The molecule has 0 saturated heterocycles. The Labute approximate surface area is 113 Å². The van der Waals surface area contributed by atoms with Crippen molar-refractivity contribution in [3.8, 4) is 0 Å². The molecule has 0 amide bonds. The van der Waals surface area contributed by atoms with E-state index in [1.165, 1.54) is 31.0 Å². The Hall–Kier alpha value is -0.710. The summed E-state index contributed by atoms with van der Waals surface area (Å²) in [6.45, 7) is 2.15. The van der Waals surface area contributed by atoms with E-state index in [4.69, 9.17) is 10.2 Å². The van der Waals surface area contributed by atoms with Crippen molar-refractivity contribution in [2.45, 2.75) is 51.9 Å². The Kier molecular flexibility index (Phi) is 10.9. The third-order valence-electron chi connectivity index (χ3n) is 2.78. The van der Waals surface area contributed by atoms with Crippen molar-refractivity contribution in [2.24, 2.45) is 5.92 Å². The van der Waals surface area contributed by atoms with Crippen molar-refractivity contribution in [3.63, 3.8) is 0 Å². The van der Waals surface area contributed by atoms with Crippen molar-refractivity contribution in [3.05, 3.63) is 0 Å². The summed E-state index contributed by atoms with van der Waals surface area (Å²) in [7, 11) is 0. The number of carboxylic acids is 2. The van der Waals surface area contributed by atoms with Crippen LogP contribution in [0.1, 0.15) is 51.9 Å². The molecule has 0 aliphatic carbocycles. The minimum Gasteiger partial charge on any atom is -0.481 e. The first-order valence-corrected chi connectivity index (χ1v) is 7.75. The number of hydrogen-bond donors (Lipinski definition) is 2. The summed E-state index contributed by atoms with van der Waals surface area (Å²) >= 11 is 1.42. The number of carboxylic acid groups (broad SMARTS) is 2. The second-order valence-corrected chi connectivity index (χ2v) is 5.61. The van der Waals surface area contributed by atoms with Crippen LogP contribution in [0.15, 0.2) is 0 Å². The van der Waals surface area contributed by atoms with Crippen LogP contribution in [0.2, 0.25) is 0 Å². The molecule has 0 aliphatic heterocycles. The highest BCUT2D eigenvalue weighted by molar-refractivity contribution is 7.99. The molecule has 0 radical (unpaired) electrons. The largest absolute Gasteiger partial charge is 0.481 e. The molecule has 106 valence electrons. The molecule has 0 bridgehead atoms. The van der Waals surface area contributed by atoms with E-state index in [9.17, 15) is 9.59 Å². The molecular weight excluding hydrogens is 252 g/mol. The molecule has 5 heteroatoms. The minimum absolute atomic E-state index is 0.105. The number of unbranched alkanes of at least 4 members (excludes halogenated alkanes) is 4. The Morgan fingerprint density at radius 3 is 2.33 bits per heavy atom. The van der Waals surface area contributed by atoms with Gasteiger partial charge in [-0.05, 0) is 6.42 Å². The number of carbonyl (C=O) groups is 2. The molecule has 1 atom stereocenters. The first kappa shape index (κ1) is 17.3. The molecule has 0 aromatic heterocycles. The molecule has 0 rings (SSSR count). The SMILES string of the molecule is CCCCCCCC(CSCCC(=O)O)C(=O)O. The molecule has 4 nitrogen and oxygen atoms in total. The Balaban J connectivity index is 3.65. The lowest BCUT2D eigenvalue weighted by Gasteiger charge is -2.11. The van der Waals surface area contributed by atoms with E-state index in [1.807, 2.05) is 0 Å². The first-order chi connectivity index (χ1) is 8.57. The van der Waals surface area contributed by atoms with Crippen LogP contribution in [0.3, 0.4) is 0 Å². The fourth-order valence-electron chi connectivity index (χ4n) is 1.66. The third kappa shape index (κ3) is 10.4. The van der Waals surface area contributed by atoms with Crippen molar-refractivity contribution < 1.29 is 19.8 Å². The van der Waals surface area contributed by atoms with E-state index in [-0.39, 0.29) is 12.3 Å². The predicted molar refractivity (Wildman–Crippen MR) is 74.1 cm³/mol. The van der Waals surface area contributed by atoms with Crippen LogP contribution in [0, 0.1) is 5.92 Å². The zero-order chi connectivity index (χ0) is 13.8. The summed E-state index contributed by atoms with van der Waals surface area (Å²) in [5.41, 5.74) is 0. The maximum atomic E-state index is 11.0. The molecule has 0 fully saturated rings. The third-order valence-corrected chi connectivity index (χ3v) is 3.92. The minimum atomic E-state index is -0.825. The van der Waals surface area contributed by atoms with Gasteiger partial charge in [-0.1, -0.05) is 39.0 Å². The predicted octanol–water partition coefficient (Wildman–Crippen LogP) is 3.26. The molecule has 0 aliphatic rings. The Bertz CT molecular complexity index is 243. The highest BCUT2D eigenvalue weighted by Gasteiger charge is 2.16. The lowest BCUT2D eigenvalue weighted by molar-refractivity contribution is -0.141.